The summed E-state index contributed by atoms with van der Waals surface area (Å²) in [5.41, 5.74) is -2.05. The number of alkyl halides is 6. The van der Waals surface area contributed by atoms with Crippen LogP contribution in [0.3, 0.4) is 0 Å². The van der Waals surface area contributed by atoms with E-state index in [0.29, 0.717) is 12.5 Å². The molecule has 0 saturated heterocycles. The Bertz CT molecular complexity index is 527. The predicted octanol–water partition coefficient (Wildman–Crippen LogP) is 5.03. The third-order valence-electron chi connectivity index (χ3n) is 2.63. The molecule has 1 aromatic rings. The van der Waals surface area contributed by atoms with Gasteiger partial charge in [0.2, 0.25) is 0 Å². The lowest BCUT2D eigenvalue weighted by atomic mass is 10.1. The van der Waals surface area contributed by atoms with Gasteiger partial charge < -0.3 is 4.90 Å². The van der Waals surface area contributed by atoms with Crippen LogP contribution in [0.5, 0.6) is 0 Å². The van der Waals surface area contributed by atoms with E-state index in [2.05, 4.69) is 4.85 Å². The van der Waals surface area contributed by atoms with Gasteiger partial charge in [-0.1, -0.05) is 13.0 Å². The van der Waals surface area contributed by atoms with E-state index in [1.165, 1.54) is 0 Å². The molecule has 1 rings (SSSR count). The zero-order valence-electron chi connectivity index (χ0n) is 11.0. The zero-order valence-corrected chi connectivity index (χ0v) is 11.0. The van der Waals surface area contributed by atoms with Crippen LogP contribution in [0, 0.1) is 6.57 Å². The van der Waals surface area contributed by atoms with Crippen LogP contribution in [0.1, 0.15) is 18.9 Å². The average Bonchev–Trinajstić information content (AvgIpc) is 2.35. The first kappa shape index (κ1) is 17.1. The van der Waals surface area contributed by atoms with E-state index >= 15 is 0 Å². The van der Waals surface area contributed by atoms with Gasteiger partial charge in [0.05, 0.1) is 12.1 Å². The minimum atomic E-state index is -4.79. The molecule has 0 unspecified atom stereocenters. The number of anilines is 1. The fourth-order valence-corrected chi connectivity index (χ4v) is 1.83. The molecular formula is C13H12F6N2. The first-order valence-corrected chi connectivity index (χ1v) is 5.99. The van der Waals surface area contributed by atoms with Crippen molar-refractivity contribution in [2.24, 2.45) is 0 Å². The highest BCUT2D eigenvalue weighted by Gasteiger charge is 2.35. The minimum Gasteiger partial charge on any atom is -0.363 e. The van der Waals surface area contributed by atoms with Gasteiger partial charge >= 0.3 is 12.4 Å². The minimum absolute atomic E-state index is 0.0336. The molecule has 1 aromatic carbocycles. The highest BCUT2D eigenvalue weighted by molar-refractivity contribution is 5.62. The molecule has 0 aliphatic heterocycles. The van der Waals surface area contributed by atoms with Crippen molar-refractivity contribution in [2.45, 2.75) is 25.7 Å². The highest BCUT2D eigenvalue weighted by atomic mass is 19.4. The monoisotopic (exact) mass is 310 g/mol. The standard InChI is InChI=1S/C13H12F6N2/c1-3-6-21(8-12(14,15)16)9-4-5-11(20-2)10(7-9)13(17,18)19/h4-5,7H,3,6,8H2,1H3. The maximum atomic E-state index is 12.8. The molecule has 0 atom stereocenters. The molecule has 0 amide bonds. The Morgan fingerprint density at radius 3 is 2.19 bits per heavy atom. The van der Waals surface area contributed by atoms with Crippen molar-refractivity contribution in [3.05, 3.63) is 35.2 Å². The molecule has 0 aliphatic carbocycles. The zero-order chi connectivity index (χ0) is 16.3. The van der Waals surface area contributed by atoms with Gasteiger partial charge in [-0.2, -0.15) is 26.3 Å². The number of hydrogen-bond donors (Lipinski definition) is 0. The van der Waals surface area contributed by atoms with Crippen LogP contribution in [0.15, 0.2) is 18.2 Å². The lowest BCUT2D eigenvalue weighted by Crippen LogP contribution is -2.35. The third kappa shape index (κ3) is 4.85. The fraction of sp³-hybridized carbons (Fsp3) is 0.462. The molecule has 8 heteroatoms. The van der Waals surface area contributed by atoms with E-state index in [0.717, 1.165) is 17.0 Å². The number of halogens is 6. The van der Waals surface area contributed by atoms with E-state index in [1.54, 1.807) is 6.92 Å². The summed E-state index contributed by atoms with van der Waals surface area (Å²) in [7, 11) is 0. The molecule has 0 fully saturated rings. The van der Waals surface area contributed by atoms with Crippen molar-refractivity contribution in [1.29, 1.82) is 0 Å². The summed E-state index contributed by atoms with van der Waals surface area (Å²) in [6.07, 6.45) is -8.96. The lowest BCUT2D eigenvalue weighted by Gasteiger charge is -2.26. The fourth-order valence-electron chi connectivity index (χ4n) is 1.83. The summed E-state index contributed by atoms with van der Waals surface area (Å²) in [5, 5.41) is 0. The van der Waals surface area contributed by atoms with Gasteiger partial charge in [0.1, 0.15) is 6.54 Å². The van der Waals surface area contributed by atoms with E-state index in [1.807, 2.05) is 0 Å². The van der Waals surface area contributed by atoms with Crippen LogP contribution in [0.2, 0.25) is 0 Å². The van der Waals surface area contributed by atoms with Crippen molar-refractivity contribution in [2.75, 3.05) is 18.0 Å². The van der Waals surface area contributed by atoms with Gasteiger partial charge in [0.15, 0.2) is 5.69 Å². The topological polar surface area (TPSA) is 7.60 Å². The largest absolute Gasteiger partial charge is 0.407 e. The summed E-state index contributed by atoms with van der Waals surface area (Å²) in [6, 6.07) is 2.59. The van der Waals surface area contributed by atoms with Crippen LogP contribution >= 0.6 is 0 Å². The Morgan fingerprint density at radius 1 is 1.14 bits per heavy atom. The maximum absolute atomic E-state index is 12.8. The van der Waals surface area contributed by atoms with Crippen LogP contribution < -0.4 is 4.90 Å². The second kappa shape index (κ2) is 6.24. The second-order valence-electron chi connectivity index (χ2n) is 4.35. The highest BCUT2D eigenvalue weighted by Crippen LogP contribution is 2.39. The van der Waals surface area contributed by atoms with E-state index in [9.17, 15) is 26.3 Å². The molecule has 116 valence electrons. The average molecular weight is 310 g/mol. The Labute approximate surface area is 117 Å². The molecule has 0 heterocycles. The first-order valence-electron chi connectivity index (χ1n) is 5.99. The number of hydrogen-bond acceptors (Lipinski definition) is 1. The second-order valence-corrected chi connectivity index (χ2v) is 4.35. The number of nitrogens with zero attached hydrogens (tertiary/aromatic N) is 2. The van der Waals surface area contributed by atoms with Crippen molar-refractivity contribution < 1.29 is 26.3 Å². The van der Waals surface area contributed by atoms with Gasteiger partial charge in [0, 0.05) is 12.2 Å². The molecule has 0 radical (unpaired) electrons. The molecule has 0 bridgehead atoms. The van der Waals surface area contributed by atoms with Crippen molar-refractivity contribution in [1.82, 2.24) is 0 Å². The van der Waals surface area contributed by atoms with E-state index in [4.69, 9.17) is 6.57 Å². The van der Waals surface area contributed by atoms with Gasteiger partial charge in [0.25, 0.3) is 0 Å². The number of benzene rings is 1. The molecule has 0 aliphatic rings. The number of rotatable bonds is 4. The smallest absolute Gasteiger partial charge is 0.363 e. The third-order valence-corrected chi connectivity index (χ3v) is 2.63. The SMILES string of the molecule is [C-]#[N+]c1ccc(N(CCC)CC(F)(F)F)cc1C(F)(F)F. The van der Waals surface area contributed by atoms with Crippen LogP contribution in [0.25, 0.3) is 4.85 Å². The van der Waals surface area contributed by atoms with Gasteiger partial charge in [-0.05, 0) is 18.6 Å². The van der Waals surface area contributed by atoms with E-state index < -0.39 is 30.1 Å². The van der Waals surface area contributed by atoms with Crippen LogP contribution in [-0.2, 0) is 6.18 Å². The summed E-state index contributed by atoms with van der Waals surface area (Å²) >= 11 is 0. The van der Waals surface area contributed by atoms with Crippen LogP contribution in [-0.4, -0.2) is 19.3 Å². The van der Waals surface area contributed by atoms with Crippen molar-refractivity contribution >= 4 is 11.4 Å². The molecule has 2 nitrogen and oxygen atoms in total. The molecular weight excluding hydrogens is 298 g/mol. The molecule has 0 saturated carbocycles. The Kier molecular flexibility index (Phi) is 5.10. The van der Waals surface area contributed by atoms with Crippen molar-refractivity contribution in [3.8, 4) is 0 Å². The summed E-state index contributed by atoms with van der Waals surface area (Å²) < 4.78 is 75.9. The normalized spacial score (nSPS) is 12.1. The first-order chi connectivity index (χ1) is 9.58. The predicted molar refractivity (Wildman–Crippen MR) is 66.3 cm³/mol. The molecule has 0 aromatic heterocycles. The Balaban J connectivity index is 3.25. The summed E-state index contributed by atoms with van der Waals surface area (Å²) in [6.45, 7) is 6.95. The molecule has 0 spiro atoms. The van der Waals surface area contributed by atoms with Gasteiger partial charge in [-0.3, -0.25) is 0 Å². The molecule has 0 N–H and O–H groups in total. The van der Waals surface area contributed by atoms with Crippen LogP contribution in [0.4, 0.5) is 37.7 Å². The Hall–Kier alpha value is -1.91. The van der Waals surface area contributed by atoms with Gasteiger partial charge in [-0.15, -0.1) is 0 Å². The van der Waals surface area contributed by atoms with E-state index in [-0.39, 0.29) is 12.2 Å². The Morgan fingerprint density at radius 2 is 1.76 bits per heavy atom. The molecule has 21 heavy (non-hydrogen) atoms. The van der Waals surface area contributed by atoms with Crippen molar-refractivity contribution in [3.63, 3.8) is 0 Å². The summed E-state index contributed by atoms with van der Waals surface area (Å²) in [5.74, 6) is 0. The maximum Gasteiger partial charge on any atom is 0.407 e. The summed E-state index contributed by atoms with van der Waals surface area (Å²) in [4.78, 5) is 3.57. The quantitative estimate of drug-likeness (QED) is 0.559. The lowest BCUT2D eigenvalue weighted by molar-refractivity contribution is -0.136. The van der Waals surface area contributed by atoms with Gasteiger partial charge in [-0.25, -0.2) is 4.85 Å².